The van der Waals surface area contributed by atoms with E-state index in [-0.39, 0.29) is 81.0 Å². The Morgan fingerprint density at radius 2 is 0.849 bits per heavy atom. The number of nitrogens with one attached hydrogen (secondary N) is 4. The first-order valence-corrected chi connectivity index (χ1v) is 40.4. The molecule has 0 atom stereocenters. The van der Waals surface area contributed by atoms with E-state index in [1.165, 1.54) is 43.5 Å². The molecule has 8 aromatic rings. The van der Waals surface area contributed by atoms with E-state index in [1.54, 1.807) is 51.8 Å². The lowest BCUT2D eigenvalue weighted by Crippen LogP contribution is -2.20. The number of rotatable bonds is 41. The van der Waals surface area contributed by atoms with Crippen molar-refractivity contribution in [1.82, 2.24) is 60.4 Å². The molecule has 1 fully saturated rings. The minimum Gasteiger partial charge on any atom is -0.494 e. The van der Waals surface area contributed by atoms with Crippen LogP contribution in [0.1, 0.15) is 207 Å². The van der Waals surface area contributed by atoms with E-state index in [9.17, 15) is 57.9 Å². The number of hydrogen-bond donors (Lipinski definition) is 4. The van der Waals surface area contributed by atoms with Gasteiger partial charge in [-0.05, 0) is 197 Å². The van der Waals surface area contributed by atoms with E-state index in [4.69, 9.17) is 33.2 Å². The van der Waals surface area contributed by atoms with Gasteiger partial charge in [0.1, 0.15) is 41.4 Å². The number of unbranched alkanes of at least 4 members (excludes halogenated alkanes) is 4. The Bertz CT molecular complexity index is 4330. The lowest BCUT2D eigenvalue weighted by Gasteiger charge is -2.22. The van der Waals surface area contributed by atoms with Gasteiger partial charge in [0.2, 0.25) is 0 Å². The topological polar surface area (TPSA) is 216 Å². The number of aryl methyl sites for hydroxylation is 2. The highest BCUT2D eigenvalue weighted by Crippen LogP contribution is 2.48. The van der Waals surface area contributed by atoms with Crippen LogP contribution in [0.3, 0.4) is 0 Å². The van der Waals surface area contributed by atoms with Crippen LogP contribution in [0.2, 0.25) is 0 Å². The zero-order chi connectivity index (χ0) is 86.9. The quantitative estimate of drug-likeness (QED) is 0.0207. The predicted octanol–water partition coefficient (Wildman–Crippen LogP) is 22.0. The lowest BCUT2D eigenvalue weighted by atomic mass is 9.96. The molecule has 20 nitrogen and oxygen atoms in total. The molecule has 662 valence electrons. The maximum Gasteiger partial charge on any atom is 0.419 e. The van der Waals surface area contributed by atoms with Crippen LogP contribution in [0.15, 0.2) is 73.3 Å². The standard InChI is InChI=1S/C25H36F3N3O2.C21H30F3N3O2.C20H25F3N4O.C20H28F3N3O2.CH4/c1-5-6-11-31(4)15-22-20(14-29-30-22)19-12-21(25(26,27)28)24(32-16-17(2)3)13-23(19)33-18-9-7-8-10-18;1-5-6-8-27(3)14-19-17(13-25-26-19)16-12-18(21(22,23)24)20(11-15(16)2)29-10-7-9-28-4;1-4-6-7-27(3)13-14-12-25-26-19(14)16-9-15(28-8-5-2)10-18(17(16)11-24)20(21,22)23;1-5-6-7-26(3)13-18-16(12-24-25-18)15-11-17(20(21,22)23)19(10-14(15)2)28-9-8-27-4;/h12-14,17-18H,5-11,15-16H2,1-4H3,(H,29,30);11-13H,5-10,14H2,1-4H3,(H,25,26);9-10,12H,4-8,13H2,1-3H3,(H,25,26);10-12H,5-9,13H2,1-4H3,(H,24,25);1H4. The summed E-state index contributed by atoms with van der Waals surface area (Å²) in [5, 5.41) is 37.4. The second kappa shape index (κ2) is 49.1. The number of aromatic nitrogens is 8. The van der Waals surface area contributed by atoms with Crippen molar-refractivity contribution < 1.29 is 85.8 Å². The Kier molecular flexibility index (Phi) is 41.6. The Balaban J connectivity index is 0.000000282. The van der Waals surface area contributed by atoms with Crippen LogP contribution in [0.4, 0.5) is 52.7 Å². The van der Waals surface area contributed by atoms with Crippen molar-refractivity contribution >= 4 is 0 Å². The molecule has 0 spiro atoms. The molecule has 32 heteroatoms. The van der Waals surface area contributed by atoms with Gasteiger partial charge in [0.15, 0.2) is 0 Å². The molecule has 1 saturated carbocycles. The van der Waals surface area contributed by atoms with Crippen molar-refractivity contribution in [3.8, 4) is 79.5 Å². The van der Waals surface area contributed by atoms with Gasteiger partial charge in [-0.1, -0.05) is 81.6 Å². The summed E-state index contributed by atoms with van der Waals surface area (Å²) in [6, 6.07) is 11.9. The zero-order valence-corrected chi connectivity index (χ0v) is 70.8. The maximum absolute atomic E-state index is 14.0. The molecule has 4 N–H and O–H groups in total. The number of benzene rings is 4. The molecular formula is C87H123F12N13O7. The minimum atomic E-state index is -4.66. The molecule has 4 heterocycles. The van der Waals surface area contributed by atoms with Gasteiger partial charge < -0.3 is 52.8 Å². The van der Waals surface area contributed by atoms with E-state index in [0.717, 1.165) is 138 Å². The van der Waals surface area contributed by atoms with Crippen molar-refractivity contribution in [2.24, 2.45) is 5.92 Å². The summed E-state index contributed by atoms with van der Waals surface area (Å²) < 4.78 is 203. The summed E-state index contributed by atoms with van der Waals surface area (Å²) >= 11 is 0. The van der Waals surface area contributed by atoms with Gasteiger partial charge in [-0.2, -0.15) is 78.3 Å². The number of ether oxygens (including phenoxy) is 7. The number of nitriles is 1. The smallest absolute Gasteiger partial charge is 0.419 e. The van der Waals surface area contributed by atoms with Crippen molar-refractivity contribution in [2.75, 3.05) is 108 Å². The highest BCUT2D eigenvalue weighted by molar-refractivity contribution is 5.76. The number of alkyl halides is 12. The molecule has 0 bridgehead atoms. The molecule has 119 heavy (non-hydrogen) atoms. The number of aromatic amines is 4. The highest BCUT2D eigenvalue weighted by Gasteiger charge is 2.40. The number of methoxy groups -OCH3 is 2. The number of H-pyrrole nitrogens is 4. The number of hydrogen-bond acceptors (Lipinski definition) is 16. The third-order valence-electron chi connectivity index (χ3n) is 19.4. The first-order chi connectivity index (χ1) is 56.0. The summed E-state index contributed by atoms with van der Waals surface area (Å²) in [6.45, 7) is 24.9. The second-order valence-electron chi connectivity index (χ2n) is 30.2. The average molecular weight is 1690 g/mol. The maximum atomic E-state index is 14.0. The average Bonchev–Trinajstić information content (AvgIpc) is 1.74. The molecule has 0 radical (unpaired) electrons. The summed E-state index contributed by atoms with van der Waals surface area (Å²) in [5.74, 6) is 0.0913. The van der Waals surface area contributed by atoms with Crippen LogP contribution in [0, 0.1) is 31.1 Å². The summed E-state index contributed by atoms with van der Waals surface area (Å²) in [5.41, 5.74) is 4.67. The molecule has 9 rings (SSSR count). The van der Waals surface area contributed by atoms with E-state index in [2.05, 4.69) is 88.1 Å². The Labute approximate surface area is 693 Å². The van der Waals surface area contributed by atoms with Crippen LogP contribution in [-0.4, -0.2) is 175 Å². The third kappa shape index (κ3) is 31.3. The van der Waals surface area contributed by atoms with Crippen LogP contribution in [0.5, 0.6) is 28.7 Å². The van der Waals surface area contributed by atoms with Crippen molar-refractivity contribution in [2.45, 2.75) is 217 Å². The molecule has 0 aliphatic heterocycles. The van der Waals surface area contributed by atoms with Crippen molar-refractivity contribution in [1.29, 1.82) is 5.26 Å². The fourth-order valence-electron chi connectivity index (χ4n) is 13.1. The number of nitrogens with zero attached hydrogens (tertiary/aromatic N) is 9. The van der Waals surface area contributed by atoms with Crippen molar-refractivity contribution in [3.63, 3.8) is 0 Å². The summed E-state index contributed by atoms with van der Waals surface area (Å²) in [7, 11) is 10.9. The molecule has 4 aromatic carbocycles. The fourth-order valence-corrected chi connectivity index (χ4v) is 13.1. The van der Waals surface area contributed by atoms with Gasteiger partial charge in [-0.3, -0.25) is 20.4 Å². The van der Waals surface area contributed by atoms with Gasteiger partial charge >= 0.3 is 24.7 Å². The highest BCUT2D eigenvalue weighted by atomic mass is 19.4. The third-order valence-corrected chi connectivity index (χ3v) is 19.4. The predicted molar refractivity (Wildman–Crippen MR) is 440 cm³/mol. The lowest BCUT2D eigenvalue weighted by molar-refractivity contribution is -0.139. The first-order valence-electron chi connectivity index (χ1n) is 40.4. The molecule has 1 aliphatic rings. The van der Waals surface area contributed by atoms with Crippen molar-refractivity contribution in [3.05, 3.63) is 135 Å². The largest absolute Gasteiger partial charge is 0.494 e. The monoisotopic (exact) mass is 1690 g/mol. The van der Waals surface area contributed by atoms with Crippen LogP contribution >= 0.6 is 0 Å². The van der Waals surface area contributed by atoms with Gasteiger partial charge in [-0.15, -0.1) is 0 Å². The van der Waals surface area contributed by atoms with Crippen LogP contribution < -0.4 is 23.7 Å². The van der Waals surface area contributed by atoms with E-state index in [1.807, 2.05) is 49.0 Å². The van der Waals surface area contributed by atoms with E-state index >= 15 is 0 Å². The second-order valence-corrected chi connectivity index (χ2v) is 30.2. The molecule has 0 amide bonds. The molecular weight excluding hydrogens is 1570 g/mol. The number of halogens is 12. The molecule has 0 unspecified atom stereocenters. The van der Waals surface area contributed by atoms with Gasteiger partial charge in [0.25, 0.3) is 0 Å². The normalized spacial score (nSPS) is 12.7. The Morgan fingerprint density at radius 3 is 1.26 bits per heavy atom. The SMILES string of the molecule is C.CCCCN(C)Cc1[nH]ncc1-c1cc(C(F)(F)F)c(OCC(C)C)cc1OC1CCCC1.CCCCN(C)Cc1[nH]ncc1-c1cc(C(F)(F)F)c(OCCCOC)cc1C.CCCCN(C)Cc1[nH]ncc1-c1cc(C(F)(F)F)c(OCCOC)cc1C.CCCCN(C)Cc1cn[nH]c1-c1cc(OCCC)cc(C(F)(F)F)c1C#N. The van der Waals surface area contributed by atoms with Gasteiger partial charge in [0.05, 0.1) is 108 Å². The van der Waals surface area contributed by atoms with Gasteiger partial charge in [-0.25, -0.2) is 0 Å². The Hall–Kier alpha value is -8.87. The first kappa shape index (κ1) is 101. The molecule has 1 aliphatic carbocycles. The minimum absolute atomic E-state index is 0. The molecule has 4 aromatic heterocycles. The fraction of sp³-hybridized carbons (Fsp3) is 0.575. The Morgan fingerprint density at radius 1 is 0.437 bits per heavy atom. The van der Waals surface area contributed by atoms with Crippen LogP contribution in [-0.2, 0) is 60.4 Å². The molecule has 0 saturated heterocycles. The van der Waals surface area contributed by atoms with Crippen LogP contribution in [0.25, 0.3) is 44.6 Å². The van der Waals surface area contributed by atoms with E-state index < -0.39 is 52.5 Å². The van der Waals surface area contributed by atoms with E-state index in [0.29, 0.717) is 102 Å². The zero-order valence-electron chi connectivity index (χ0n) is 70.8. The van der Waals surface area contributed by atoms with Gasteiger partial charge in [0, 0.05) is 92.9 Å². The summed E-state index contributed by atoms with van der Waals surface area (Å²) in [4.78, 5) is 8.48. The summed E-state index contributed by atoms with van der Waals surface area (Å²) in [6.07, 6.45) is 1.71.